The average Bonchev–Trinajstić information content (AvgIpc) is 3.31. The summed E-state index contributed by atoms with van der Waals surface area (Å²) in [5, 5.41) is 8.26. The molecule has 0 atom stereocenters. The molecule has 1 aliphatic rings. The first-order valence-corrected chi connectivity index (χ1v) is 8.79. The van der Waals surface area contributed by atoms with Gasteiger partial charge >= 0.3 is 0 Å². The van der Waals surface area contributed by atoms with E-state index >= 15 is 0 Å². The van der Waals surface area contributed by atoms with Crippen LogP contribution in [0.4, 0.5) is 0 Å². The summed E-state index contributed by atoms with van der Waals surface area (Å²) in [5.74, 6) is -0.138. The van der Waals surface area contributed by atoms with Crippen molar-refractivity contribution in [2.24, 2.45) is 0 Å². The van der Waals surface area contributed by atoms with E-state index in [1.807, 2.05) is 35.1 Å². The average molecular weight is 326 g/mol. The first-order chi connectivity index (χ1) is 11.3. The lowest BCUT2D eigenvalue weighted by Crippen LogP contribution is -2.23. The molecular formula is C17H18N4OS. The third-order valence-corrected chi connectivity index (χ3v) is 5.31. The summed E-state index contributed by atoms with van der Waals surface area (Å²) in [4.78, 5) is 16.8. The molecule has 0 saturated heterocycles. The largest absolute Gasteiger partial charge is 0.344 e. The molecule has 0 unspecified atom stereocenters. The Balaban J connectivity index is 1.41. The summed E-state index contributed by atoms with van der Waals surface area (Å²) >= 11 is 1.61. The molecule has 2 heterocycles. The van der Waals surface area contributed by atoms with Gasteiger partial charge in [-0.2, -0.15) is 5.10 Å². The number of para-hydroxylation sites is 1. The highest BCUT2D eigenvalue weighted by atomic mass is 32.1. The summed E-state index contributed by atoms with van der Waals surface area (Å²) in [6.07, 6.45) is 6.75. The molecule has 2 aromatic heterocycles. The minimum absolute atomic E-state index is 0.138. The highest BCUT2D eigenvalue weighted by Gasteiger charge is 2.19. The van der Waals surface area contributed by atoms with Crippen molar-refractivity contribution < 1.29 is 4.79 Å². The minimum Gasteiger partial charge on any atom is -0.344 e. The number of rotatable bonds is 4. The Morgan fingerprint density at radius 1 is 1.26 bits per heavy atom. The maximum atomic E-state index is 12.3. The molecule has 23 heavy (non-hydrogen) atoms. The Hall–Kier alpha value is -2.21. The van der Waals surface area contributed by atoms with E-state index in [2.05, 4.69) is 15.4 Å². The number of carbonyl (C=O) groups excluding carboxylic acids is 1. The lowest BCUT2D eigenvalue weighted by molar-refractivity contribution is 0.0944. The molecule has 1 aromatic carbocycles. The number of aromatic nitrogens is 3. The molecule has 0 spiro atoms. The van der Waals surface area contributed by atoms with E-state index in [4.69, 9.17) is 0 Å². The molecule has 1 fully saturated rings. The predicted molar refractivity (Wildman–Crippen MR) is 90.5 cm³/mol. The second-order valence-corrected chi connectivity index (χ2v) is 6.99. The molecule has 1 aliphatic carbocycles. The number of carbonyl (C=O) groups is 1. The van der Waals surface area contributed by atoms with Crippen molar-refractivity contribution >= 4 is 27.5 Å². The van der Waals surface area contributed by atoms with Gasteiger partial charge in [-0.1, -0.05) is 25.0 Å². The fraction of sp³-hybridized carbons (Fsp3) is 0.353. The molecule has 0 bridgehead atoms. The van der Waals surface area contributed by atoms with Gasteiger partial charge in [0.2, 0.25) is 0 Å². The third-order valence-electron chi connectivity index (χ3n) is 4.28. The molecule has 5 nitrogen and oxygen atoms in total. The summed E-state index contributed by atoms with van der Waals surface area (Å²) in [7, 11) is 0. The zero-order chi connectivity index (χ0) is 15.6. The monoisotopic (exact) mass is 326 g/mol. The molecule has 4 rings (SSSR count). The zero-order valence-corrected chi connectivity index (χ0v) is 13.6. The van der Waals surface area contributed by atoms with Crippen molar-refractivity contribution in [3.63, 3.8) is 0 Å². The van der Waals surface area contributed by atoms with Crippen molar-refractivity contribution in [1.29, 1.82) is 0 Å². The summed E-state index contributed by atoms with van der Waals surface area (Å²) in [6.45, 7) is 0.439. The first kappa shape index (κ1) is 14.4. The fourth-order valence-electron chi connectivity index (χ4n) is 3.07. The summed E-state index contributed by atoms with van der Waals surface area (Å²) in [6, 6.07) is 10.3. The lowest BCUT2D eigenvalue weighted by atomic mass is 10.3. The fourth-order valence-corrected chi connectivity index (χ4v) is 3.98. The number of nitrogens with one attached hydrogen (secondary N) is 1. The number of hydrogen-bond acceptors (Lipinski definition) is 4. The molecule has 0 radical (unpaired) electrons. The van der Waals surface area contributed by atoms with Crippen molar-refractivity contribution in [1.82, 2.24) is 20.1 Å². The van der Waals surface area contributed by atoms with E-state index < -0.39 is 0 Å². The normalized spacial score (nSPS) is 15.3. The van der Waals surface area contributed by atoms with E-state index in [9.17, 15) is 4.79 Å². The van der Waals surface area contributed by atoms with Crippen molar-refractivity contribution in [2.75, 3.05) is 0 Å². The Bertz CT molecular complexity index is 799. The molecule has 0 aliphatic heterocycles. The number of hydrogen-bond donors (Lipinski definition) is 1. The van der Waals surface area contributed by atoms with Crippen molar-refractivity contribution in [2.45, 2.75) is 38.3 Å². The SMILES string of the molecule is O=C(NCc1nc2ccccc2s1)c1ccn(C2CCCC2)n1. The maximum absolute atomic E-state index is 12.3. The quantitative estimate of drug-likeness (QED) is 0.798. The van der Waals surface area contributed by atoms with Gasteiger partial charge in [0.1, 0.15) is 10.7 Å². The smallest absolute Gasteiger partial charge is 0.272 e. The highest BCUT2D eigenvalue weighted by Crippen LogP contribution is 2.28. The van der Waals surface area contributed by atoms with Gasteiger partial charge in [0.05, 0.1) is 22.8 Å². The van der Waals surface area contributed by atoms with E-state index in [0.717, 1.165) is 28.1 Å². The maximum Gasteiger partial charge on any atom is 0.272 e. The van der Waals surface area contributed by atoms with Crippen LogP contribution in [-0.2, 0) is 6.54 Å². The Morgan fingerprint density at radius 3 is 2.91 bits per heavy atom. The second-order valence-electron chi connectivity index (χ2n) is 5.88. The van der Waals surface area contributed by atoms with Crippen molar-refractivity contribution in [3.8, 4) is 0 Å². The van der Waals surface area contributed by atoms with E-state index in [-0.39, 0.29) is 5.91 Å². The van der Waals surface area contributed by atoms with Crippen LogP contribution in [0.5, 0.6) is 0 Å². The number of amides is 1. The Kier molecular flexibility index (Phi) is 3.83. The van der Waals surface area contributed by atoms with Crippen LogP contribution in [0, 0.1) is 0 Å². The zero-order valence-electron chi connectivity index (χ0n) is 12.7. The second kappa shape index (κ2) is 6.12. The third kappa shape index (κ3) is 2.99. The summed E-state index contributed by atoms with van der Waals surface area (Å²) < 4.78 is 3.09. The molecular weight excluding hydrogens is 308 g/mol. The van der Waals surface area contributed by atoms with Crippen LogP contribution in [0.1, 0.15) is 47.2 Å². The highest BCUT2D eigenvalue weighted by molar-refractivity contribution is 7.18. The van der Waals surface area contributed by atoms with Crippen LogP contribution in [0.25, 0.3) is 10.2 Å². The van der Waals surface area contributed by atoms with Gasteiger partial charge in [-0.25, -0.2) is 4.98 Å². The van der Waals surface area contributed by atoms with Gasteiger partial charge in [0.25, 0.3) is 5.91 Å². The van der Waals surface area contributed by atoms with Crippen LogP contribution in [0.3, 0.4) is 0 Å². The topological polar surface area (TPSA) is 59.8 Å². The van der Waals surface area contributed by atoms with Crippen LogP contribution < -0.4 is 5.32 Å². The number of thiazole rings is 1. The van der Waals surface area contributed by atoms with Gasteiger partial charge in [-0.3, -0.25) is 9.48 Å². The van der Waals surface area contributed by atoms with Crippen LogP contribution in [-0.4, -0.2) is 20.7 Å². The summed E-state index contributed by atoms with van der Waals surface area (Å²) in [5.41, 5.74) is 1.46. The van der Waals surface area contributed by atoms with Gasteiger partial charge < -0.3 is 5.32 Å². The van der Waals surface area contributed by atoms with Gasteiger partial charge in [0, 0.05) is 6.20 Å². The van der Waals surface area contributed by atoms with Crippen LogP contribution in [0.15, 0.2) is 36.5 Å². The predicted octanol–water partition coefficient (Wildman–Crippen LogP) is 3.54. The Morgan fingerprint density at radius 2 is 2.09 bits per heavy atom. The molecule has 1 saturated carbocycles. The van der Waals surface area contributed by atoms with E-state index in [0.29, 0.717) is 18.3 Å². The Labute approximate surface area is 138 Å². The molecule has 6 heteroatoms. The molecule has 3 aromatic rings. The van der Waals surface area contributed by atoms with Crippen LogP contribution >= 0.6 is 11.3 Å². The van der Waals surface area contributed by atoms with Gasteiger partial charge in [-0.15, -0.1) is 11.3 Å². The number of nitrogens with zero attached hydrogens (tertiary/aromatic N) is 3. The number of fused-ring (bicyclic) bond motifs is 1. The van der Waals surface area contributed by atoms with E-state index in [1.54, 1.807) is 17.4 Å². The molecule has 1 N–H and O–H groups in total. The van der Waals surface area contributed by atoms with Crippen molar-refractivity contribution in [3.05, 3.63) is 47.2 Å². The minimum atomic E-state index is -0.138. The first-order valence-electron chi connectivity index (χ1n) is 7.97. The lowest BCUT2D eigenvalue weighted by Gasteiger charge is -2.08. The number of benzene rings is 1. The molecule has 1 amide bonds. The standard InChI is InChI=1S/C17H18N4OS/c22-17(14-9-10-21(20-14)12-5-1-2-6-12)18-11-16-19-13-7-3-4-8-15(13)23-16/h3-4,7-10,12H,1-2,5-6,11H2,(H,18,22). The van der Waals surface area contributed by atoms with Gasteiger partial charge in [-0.05, 0) is 31.0 Å². The molecule has 118 valence electrons. The van der Waals surface area contributed by atoms with Gasteiger partial charge in [0.15, 0.2) is 0 Å². The van der Waals surface area contributed by atoms with Crippen LogP contribution in [0.2, 0.25) is 0 Å². The van der Waals surface area contributed by atoms with E-state index in [1.165, 1.54) is 12.8 Å².